The fourth-order valence-corrected chi connectivity index (χ4v) is 3.75. The maximum Gasteiger partial charge on any atom is 0.258 e. The molecule has 1 aliphatic heterocycles. The number of hydrogen-bond acceptors (Lipinski definition) is 5. The first-order valence-corrected chi connectivity index (χ1v) is 10.2. The van der Waals surface area contributed by atoms with Gasteiger partial charge in [-0.1, -0.05) is 17.3 Å². The van der Waals surface area contributed by atoms with Crippen LogP contribution in [0.15, 0.2) is 32.7 Å². The van der Waals surface area contributed by atoms with E-state index >= 15 is 0 Å². The zero-order valence-electron chi connectivity index (χ0n) is 17.0. The number of amides is 2. The first-order valence-electron chi connectivity index (χ1n) is 8.86. The van der Waals surface area contributed by atoms with Crippen LogP contribution in [0.25, 0.3) is 0 Å². The van der Waals surface area contributed by atoms with Crippen LogP contribution < -0.4 is 16.0 Å². The molecule has 0 radical (unpaired) electrons. The average molecular weight is 411 g/mol. The van der Waals surface area contributed by atoms with Crippen molar-refractivity contribution < 1.29 is 9.59 Å². The van der Waals surface area contributed by atoms with E-state index < -0.39 is 0 Å². The second-order valence-electron chi connectivity index (χ2n) is 6.81. The van der Waals surface area contributed by atoms with E-state index in [0.29, 0.717) is 6.54 Å². The van der Waals surface area contributed by atoms with Crippen LogP contribution in [0.2, 0.25) is 0 Å². The summed E-state index contributed by atoms with van der Waals surface area (Å²) in [6, 6.07) is 0. The third kappa shape index (κ3) is 8.28. The van der Waals surface area contributed by atoms with Gasteiger partial charge < -0.3 is 20.9 Å². The lowest BCUT2D eigenvalue weighted by atomic mass is 10.00. The van der Waals surface area contributed by atoms with Gasteiger partial charge >= 0.3 is 0 Å². The van der Waals surface area contributed by atoms with Gasteiger partial charge in [0, 0.05) is 25.7 Å². The Morgan fingerprint density at radius 1 is 1.19 bits per heavy atom. The van der Waals surface area contributed by atoms with Gasteiger partial charge in [0.2, 0.25) is 5.91 Å². The topological polar surface area (TPSA) is 73.5 Å². The highest BCUT2D eigenvalue weighted by Gasteiger charge is 2.18. The molecule has 8 heteroatoms. The Kier molecular flexibility index (Phi) is 9.76. The Labute approximate surface area is 171 Å². The molecule has 0 bridgehead atoms. The number of hydrogen-bond donors (Lipinski definition) is 3. The van der Waals surface area contributed by atoms with Crippen molar-refractivity contribution in [2.45, 2.75) is 40.5 Å². The molecule has 0 aliphatic carbocycles. The van der Waals surface area contributed by atoms with Crippen molar-refractivity contribution in [1.82, 2.24) is 20.9 Å². The lowest BCUT2D eigenvalue weighted by Crippen LogP contribution is -2.37. The van der Waals surface area contributed by atoms with E-state index in [4.69, 9.17) is 12.2 Å². The Bertz CT molecular complexity index is 694. The molecule has 1 rings (SSSR count). The average Bonchev–Trinajstić information content (AvgIpc) is 2.74. The molecule has 0 aromatic rings. The summed E-state index contributed by atoms with van der Waals surface area (Å²) >= 11 is 6.59. The van der Waals surface area contributed by atoms with Crippen LogP contribution in [-0.4, -0.2) is 49.0 Å². The molecule has 0 saturated carbocycles. The molecule has 1 heterocycles. The molecular weight excluding hydrogens is 380 g/mol. The van der Waals surface area contributed by atoms with Gasteiger partial charge in [-0.3, -0.25) is 9.59 Å². The lowest BCUT2D eigenvalue weighted by molar-refractivity contribution is -0.118. The first-order chi connectivity index (χ1) is 12.6. The van der Waals surface area contributed by atoms with Gasteiger partial charge in [-0.15, -0.1) is 0 Å². The predicted molar refractivity (Wildman–Crippen MR) is 117 cm³/mol. The summed E-state index contributed by atoms with van der Waals surface area (Å²) in [5.41, 5.74) is 4.21. The Morgan fingerprint density at radius 3 is 2.44 bits per heavy atom. The minimum absolute atomic E-state index is 0.0137. The monoisotopic (exact) mass is 410 g/mol. The maximum atomic E-state index is 12.5. The van der Waals surface area contributed by atoms with E-state index in [9.17, 15) is 9.59 Å². The molecule has 2 amide bonds. The number of carbonyl (C=O) groups is 2. The van der Waals surface area contributed by atoms with Gasteiger partial charge in [-0.25, -0.2) is 0 Å². The molecular formula is C19H30N4O2S2. The van der Waals surface area contributed by atoms with Gasteiger partial charge in [0.1, 0.15) is 0 Å². The van der Waals surface area contributed by atoms with Crippen LogP contribution in [0.1, 0.15) is 40.5 Å². The zero-order valence-corrected chi connectivity index (χ0v) is 18.6. The molecule has 3 N–H and O–H groups in total. The minimum Gasteiger partial charge on any atom is -0.350 e. The SMILES string of the molecule is CC(=O)NC(=S)N/C(C)=C(\C)C1=CSC(C(=O)NCCN(C)C)=C(C)CC1. The highest BCUT2D eigenvalue weighted by Crippen LogP contribution is 2.34. The molecule has 27 heavy (non-hydrogen) atoms. The van der Waals surface area contributed by atoms with Gasteiger partial charge in [0.05, 0.1) is 4.91 Å². The molecule has 0 aromatic heterocycles. The minimum atomic E-state index is -0.202. The summed E-state index contributed by atoms with van der Waals surface area (Å²) in [6.45, 7) is 8.81. The van der Waals surface area contributed by atoms with E-state index in [1.165, 1.54) is 18.7 Å². The Hall–Kier alpha value is -1.64. The van der Waals surface area contributed by atoms with Gasteiger partial charge in [-0.05, 0) is 76.5 Å². The summed E-state index contributed by atoms with van der Waals surface area (Å²) in [5.74, 6) is -0.216. The number of rotatable bonds is 6. The summed E-state index contributed by atoms with van der Waals surface area (Å²) < 4.78 is 0. The Balaban J connectivity index is 2.80. The Morgan fingerprint density at radius 2 is 1.85 bits per heavy atom. The maximum absolute atomic E-state index is 12.5. The summed E-state index contributed by atoms with van der Waals surface area (Å²) in [5, 5.41) is 10.9. The van der Waals surface area contributed by atoms with Crippen molar-refractivity contribution in [3.63, 3.8) is 0 Å². The number of thiocarbonyl (C=S) groups is 1. The number of likely N-dealkylation sites (N-methyl/N-ethyl adjacent to an activating group) is 1. The highest BCUT2D eigenvalue weighted by atomic mass is 32.2. The fourth-order valence-electron chi connectivity index (χ4n) is 2.42. The summed E-state index contributed by atoms with van der Waals surface area (Å²) in [4.78, 5) is 26.4. The van der Waals surface area contributed by atoms with Crippen LogP contribution in [0.4, 0.5) is 0 Å². The molecule has 0 aromatic carbocycles. The van der Waals surface area contributed by atoms with Gasteiger partial charge in [-0.2, -0.15) is 0 Å². The van der Waals surface area contributed by atoms with Crippen LogP contribution in [0.5, 0.6) is 0 Å². The predicted octanol–water partition coefficient (Wildman–Crippen LogP) is 2.65. The summed E-state index contributed by atoms with van der Waals surface area (Å²) in [6.07, 6.45) is 1.68. The molecule has 6 nitrogen and oxygen atoms in total. The van der Waals surface area contributed by atoms with Crippen molar-refractivity contribution >= 4 is 40.9 Å². The van der Waals surface area contributed by atoms with E-state index in [2.05, 4.69) is 16.0 Å². The number of allylic oxidation sites excluding steroid dienone is 4. The lowest BCUT2D eigenvalue weighted by Gasteiger charge is -2.14. The van der Waals surface area contributed by atoms with Crippen LogP contribution in [0.3, 0.4) is 0 Å². The fraction of sp³-hybridized carbons (Fsp3) is 0.526. The molecule has 0 atom stereocenters. The van der Waals surface area contributed by atoms with Crippen molar-refractivity contribution in [1.29, 1.82) is 0 Å². The van der Waals surface area contributed by atoms with Crippen LogP contribution in [-0.2, 0) is 9.59 Å². The number of thioether (sulfide) groups is 1. The molecule has 0 unspecified atom stereocenters. The van der Waals surface area contributed by atoms with Gasteiger partial charge in [0.15, 0.2) is 5.11 Å². The van der Waals surface area contributed by atoms with E-state index in [-0.39, 0.29) is 16.9 Å². The number of nitrogens with one attached hydrogen (secondary N) is 3. The normalized spacial score (nSPS) is 15.6. The van der Waals surface area contributed by atoms with E-state index in [0.717, 1.165) is 46.7 Å². The first kappa shape index (κ1) is 23.4. The molecule has 0 fully saturated rings. The summed E-state index contributed by atoms with van der Waals surface area (Å²) in [7, 11) is 3.96. The number of nitrogens with zero attached hydrogens (tertiary/aromatic N) is 1. The molecule has 0 saturated heterocycles. The van der Waals surface area contributed by atoms with Crippen molar-refractivity contribution in [2.75, 3.05) is 27.2 Å². The standard InChI is InChI=1S/C19H30N4O2S2/c1-12-7-8-16(13(2)14(3)21-19(26)22-15(4)24)11-27-17(12)18(25)20-9-10-23(5)6/h11H,7-10H2,1-6H3,(H,20,25)(H2,21,22,24,26)/b14-13+. The zero-order chi connectivity index (χ0) is 20.6. The largest absolute Gasteiger partial charge is 0.350 e. The van der Waals surface area contributed by atoms with Crippen molar-refractivity contribution in [2.24, 2.45) is 0 Å². The quantitative estimate of drug-likeness (QED) is 0.585. The van der Waals surface area contributed by atoms with E-state index in [1.807, 2.05) is 45.2 Å². The van der Waals surface area contributed by atoms with Crippen LogP contribution in [0, 0.1) is 0 Å². The second kappa shape index (κ2) is 11.3. The van der Waals surface area contributed by atoms with Crippen molar-refractivity contribution in [3.05, 3.63) is 32.7 Å². The molecule has 1 aliphatic rings. The highest BCUT2D eigenvalue weighted by molar-refractivity contribution is 8.06. The third-order valence-electron chi connectivity index (χ3n) is 4.16. The smallest absolute Gasteiger partial charge is 0.258 e. The van der Waals surface area contributed by atoms with Crippen LogP contribution >= 0.6 is 24.0 Å². The molecule has 0 spiro atoms. The third-order valence-corrected chi connectivity index (χ3v) is 5.54. The van der Waals surface area contributed by atoms with Gasteiger partial charge in [0.25, 0.3) is 5.91 Å². The van der Waals surface area contributed by atoms with E-state index in [1.54, 1.807) is 0 Å². The molecule has 150 valence electrons. The second-order valence-corrected chi connectivity index (χ2v) is 8.10. The van der Waals surface area contributed by atoms with Crippen molar-refractivity contribution in [3.8, 4) is 0 Å². The number of carbonyl (C=O) groups excluding carboxylic acids is 2.